The summed E-state index contributed by atoms with van der Waals surface area (Å²) in [4.78, 5) is 15.3. The average Bonchev–Trinajstić information content (AvgIpc) is 2.40. The lowest BCUT2D eigenvalue weighted by Crippen LogP contribution is -1.95. The van der Waals surface area contributed by atoms with E-state index in [-0.39, 0.29) is 5.78 Å². The average molecular weight is 241 g/mol. The highest BCUT2D eigenvalue weighted by atomic mass is 16.5. The van der Waals surface area contributed by atoms with Gasteiger partial charge in [-0.05, 0) is 30.7 Å². The van der Waals surface area contributed by atoms with E-state index in [2.05, 4.69) is 4.98 Å². The number of hydrogen-bond acceptors (Lipinski definition) is 3. The lowest BCUT2D eigenvalue weighted by molar-refractivity contribution is 0.101. The van der Waals surface area contributed by atoms with Crippen molar-refractivity contribution in [2.75, 3.05) is 6.61 Å². The van der Waals surface area contributed by atoms with Crippen LogP contribution < -0.4 is 4.74 Å². The molecule has 1 aromatic heterocycles. The second-order valence-electron chi connectivity index (χ2n) is 3.95. The molecular formula is C15H15NO2. The number of ether oxygens (including phenoxy) is 1. The van der Waals surface area contributed by atoms with Gasteiger partial charge in [0, 0.05) is 18.7 Å². The van der Waals surface area contributed by atoms with Crippen LogP contribution in [-0.2, 0) is 0 Å². The molecule has 92 valence electrons. The molecule has 0 spiro atoms. The van der Waals surface area contributed by atoms with Crippen LogP contribution in [0.3, 0.4) is 0 Å². The lowest BCUT2D eigenvalue weighted by atomic mass is 10.1. The summed E-state index contributed by atoms with van der Waals surface area (Å²) >= 11 is 0. The van der Waals surface area contributed by atoms with Gasteiger partial charge in [0.2, 0.25) is 0 Å². The van der Waals surface area contributed by atoms with Crippen LogP contribution in [0, 0.1) is 0 Å². The molecule has 0 fully saturated rings. The van der Waals surface area contributed by atoms with Gasteiger partial charge in [-0.25, -0.2) is 0 Å². The lowest BCUT2D eigenvalue weighted by Gasteiger charge is -2.05. The molecule has 0 aliphatic carbocycles. The normalized spacial score (nSPS) is 10.1. The first-order chi connectivity index (χ1) is 8.70. The van der Waals surface area contributed by atoms with Crippen LogP contribution in [-0.4, -0.2) is 17.4 Å². The third kappa shape index (κ3) is 2.74. The van der Waals surface area contributed by atoms with E-state index in [9.17, 15) is 4.79 Å². The minimum atomic E-state index is -0.0201. The summed E-state index contributed by atoms with van der Waals surface area (Å²) in [5.74, 6) is 0.836. The van der Waals surface area contributed by atoms with E-state index in [1.807, 2.05) is 37.3 Å². The van der Waals surface area contributed by atoms with Gasteiger partial charge in [-0.1, -0.05) is 18.2 Å². The van der Waals surface area contributed by atoms with Crippen molar-refractivity contribution in [2.45, 2.75) is 13.8 Å². The van der Waals surface area contributed by atoms with Crippen LogP contribution >= 0.6 is 0 Å². The van der Waals surface area contributed by atoms with Crippen LogP contribution in [0.5, 0.6) is 5.75 Å². The molecule has 2 aromatic rings. The maximum absolute atomic E-state index is 11.1. The third-order valence-electron chi connectivity index (χ3n) is 2.62. The van der Waals surface area contributed by atoms with Gasteiger partial charge in [0.1, 0.15) is 11.4 Å². The van der Waals surface area contributed by atoms with E-state index in [1.54, 1.807) is 12.3 Å². The molecule has 18 heavy (non-hydrogen) atoms. The molecule has 0 aliphatic heterocycles. The molecule has 2 rings (SSSR count). The smallest absolute Gasteiger partial charge is 0.178 e. The number of ketones is 1. The van der Waals surface area contributed by atoms with E-state index in [1.165, 1.54) is 6.92 Å². The third-order valence-corrected chi connectivity index (χ3v) is 2.62. The van der Waals surface area contributed by atoms with Gasteiger partial charge in [0.25, 0.3) is 0 Å². The molecule has 0 unspecified atom stereocenters. The molecular weight excluding hydrogens is 226 g/mol. The first kappa shape index (κ1) is 12.3. The molecule has 0 atom stereocenters. The van der Waals surface area contributed by atoms with Gasteiger partial charge in [0.05, 0.1) is 6.61 Å². The Balaban J connectivity index is 2.23. The Kier molecular flexibility index (Phi) is 3.72. The van der Waals surface area contributed by atoms with Gasteiger partial charge in [-0.2, -0.15) is 0 Å². The van der Waals surface area contributed by atoms with Gasteiger partial charge >= 0.3 is 0 Å². The number of Topliss-reactive ketones (excluding diaryl/α,β-unsaturated/α-hetero) is 1. The van der Waals surface area contributed by atoms with E-state index in [4.69, 9.17) is 4.74 Å². The molecule has 0 bridgehead atoms. The molecule has 0 saturated heterocycles. The standard InChI is InChI=1S/C15H15NO2/c1-3-18-14-7-4-12(5-8-14)13-6-9-15(11(2)17)16-10-13/h4-10H,3H2,1-2H3. The van der Waals surface area contributed by atoms with Gasteiger partial charge in [-0.15, -0.1) is 0 Å². The fourth-order valence-electron chi connectivity index (χ4n) is 1.68. The van der Waals surface area contributed by atoms with Crippen LogP contribution in [0.4, 0.5) is 0 Å². The molecule has 0 aliphatic rings. The van der Waals surface area contributed by atoms with E-state index < -0.39 is 0 Å². The molecule has 3 nitrogen and oxygen atoms in total. The zero-order valence-electron chi connectivity index (χ0n) is 10.5. The van der Waals surface area contributed by atoms with Crippen molar-refractivity contribution in [3.8, 4) is 16.9 Å². The van der Waals surface area contributed by atoms with Crippen molar-refractivity contribution in [2.24, 2.45) is 0 Å². The SMILES string of the molecule is CCOc1ccc(-c2ccc(C(C)=O)nc2)cc1. The molecule has 1 heterocycles. The Bertz CT molecular complexity index is 529. The topological polar surface area (TPSA) is 39.2 Å². The number of aromatic nitrogens is 1. The summed E-state index contributed by atoms with van der Waals surface area (Å²) in [6, 6.07) is 11.5. The van der Waals surface area contributed by atoms with Crippen LogP contribution in [0.25, 0.3) is 11.1 Å². The largest absolute Gasteiger partial charge is 0.494 e. The number of carbonyl (C=O) groups is 1. The predicted octanol–water partition coefficient (Wildman–Crippen LogP) is 3.35. The van der Waals surface area contributed by atoms with Gasteiger partial charge in [0.15, 0.2) is 5.78 Å². The second-order valence-corrected chi connectivity index (χ2v) is 3.95. The number of carbonyl (C=O) groups excluding carboxylic acids is 1. The Hall–Kier alpha value is -2.16. The number of pyridine rings is 1. The Morgan fingerprint density at radius 2 is 1.78 bits per heavy atom. The molecule has 0 saturated carbocycles. The zero-order chi connectivity index (χ0) is 13.0. The van der Waals surface area contributed by atoms with E-state index in [0.717, 1.165) is 16.9 Å². The number of nitrogens with zero attached hydrogens (tertiary/aromatic N) is 1. The molecule has 0 radical (unpaired) electrons. The molecule has 0 amide bonds. The molecule has 3 heteroatoms. The summed E-state index contributed by atoms with van der Waals surface area (Å²) in [7, 11) is 0. The fraction of sp³-hybridized carbons (Fsp3) is 0.200. The summed E-state index contributed by atoms with van der Waals surface area (Å²) in [5.41, 5.74) is 2.54. The summed E-state index contributed by atoms with van der Waals surface area (Å²) in [6.45, 7) is 4.13. The fourth-order valence-corrected chi connectivity index (χ4v) is 1.68. The van der Waals surface area contributed by atoms with Gasteiger partial charge in [-0.3, -0.25) is 9.78 Å². The van der Waals surface area contributed by atoms with Crippen LogP contribution in [0.15, 0.2) is 42.6 Å². The van der Waals surface area contributed by atoms with Crippen molar-refractivity contribution in [3.05, 3.63) is 48.3 Å². The van der Waals surface area contributed by atoms with Crippen molar-refractivity contribution < 1.29 is 9.53 Å². The Morgan fingerprint density at radius 1 is 1.11 bits per heavy atom. The van der Waals surface area contributed by atoms with Crippen molar-refractivity contribution in [1.82, 2.24) is 4.98 Å². The van der Waals surface area contributed by atoms with Crippen LogP contribution in [0.1, 0.15) is 24.3 Å². The maximum atomic E-state index is 11.1. The monoisotopic (exact) mass is 241 g/mol. The van der Waals surface area contributed by atoms with E-state index in [0.29, 0.717) is 12.3 Å². The van der Waals surface area contributed by atoms with Crippen molar-refractivity contribution >= 4 is 5.78 Å². The van der Waals surface area contributed by atoms with Gasteiger partial charge < -0.3 is 4.74 Å². The first-order valence-corrected chi connectivity index (χ1v) is 5.91. The Labute approximate surface area is 106 Å². The van der Waals surface area contributed by atoms with Crippen molar-refractivity contribution in [1.29, 1.82) is 0 Å². The minimum Gasteiger partial charge on any atom is -0.494 e. The highest BCUT2D eigenvalue weighted by Crippen LogP contribution is 2.21. The number of hydrogen-bond donors (Lipinski definition) is 0. The number of benzene rings is 1. The second kappa shape index (κ2) is 5.45. The summed E-state index contributed by atoms with van der Waals surface area (Å²) < 4.78 is 5.39. The van der Waals surface area contributed by atoms with Crippen LogP contribution in [0.2, 0.25) is 0 Å². The quantitative estimate of drug-likeness (QED) is 0.770. The summed E-state index contributed by atoms with van der Waals surface area (Å²) in [6.07, 6.45) is 1.71. The highest BCUT2D eigenvalue weighted by Gasteiger charge is 2.02. The zero-order valence-corrected chi connectivity index (χ0v) is 10.5. The minimum absolute atomic E-state index is 0.0201. The maximum Gasteiger partial charge on any atom is 0.178 e. The number of rotatable bonds is 4. The Morgan fingerprint density at radius 3 is 2.28 bits per heavy atom. The first-order valence-electron chi connectivity index (χ1n) is 5.91. The predicted molar refractivity (Wildman–Crippen MR) is 70.8 cm³/mol. The van der Waals surface area contributed by atoms with E-state index >= 15 is 0 Å². The molecule has 0 N–H and O–H groups in total. The molecule has 1 aromatic carbocycles. The van der Waals surface area contributed by atoms with Crippen molar-refractivity contribution in [3.63, 3.8) is 0 Å². The summed E-state index contributed by atoms with van der Waals surface area (Å²) in [5, 5.41) is 0. The highest BCUT2D eigenvalue weighted by molar-refractivity contribution is 5.92.